The Morgan fingerprint density at radius 2 is 2.44 bits per heavy atom. The maximum Gasteiger partial charge on any atom is 0.270 e. The molecule has 2 rings (SSSR count). The average Bonchev–Trinajstić information content (AvgIpc) is 2.81. The van der Waals surface area contributed by atoms with E-state index in [2.05, 4.69) is 6.58 Å². The Labute approximate surface area is 98.6 Å². The highest BCUT2D eigenvalue weighted by atomic mass is 32.1. The Morgan fingerprint density at radius 1 is 1.69 bits per heavy atom. The molecule has 0 spiro atoms. The quantitative estimate of drug-likeness (QED) is 0.749. The van der Waals surface area contributed by atoms with Gasteiger partial charge in [-0.3, -0.25) is 4.79 Å². The first-order chi connectivity index (χ1) is 7.65. The molecule has 0 saturated heterocycles. The molecule has 2 aromatic rings. The van der Waals surface area contributed by atoms with Gasteiger partial charge in [-0.25, -0.2) is 0 Å². The maximum absolute atomic E-state index is 12.1. The Kier molecular flexibility index (Phi) is 2.83. The minimum absolute atomic E-state index is 0.0331. The molecule has 84 valence electrons. The molecule has 0 bridgehead atoms. The molecule has 0 atom stereocenters. The summed E-state index contributed by atoms with van der Waals surface area (Å²) in [5.74, 6) is 0.0331. The molecule has 0 unspecified atom stereocenters. The van der Waals surface area contributed by atoms with E-state index in [0.717, 1.165) is 15.9 Å². The number of thiophene rings is 1. The van der Waals surface area contributed by atoms with Crippen LogP contribution in [0.25, 0.3) is 10.2 Å². The molecule has 0 aliphatic heterocycles. The van der Waals surface area contributed by atoms with Gasteiger partial charge >= 0.3 is 0 Å². The van der Waals surface area contributed by atoms with Gasteiger partial charge in [0.1, 0.15) is 5.69 Å². The first kappa shape index (κ1) is 11.0. The summed E-state index contributed by atoms with van der Waals surface area (Å²) in [6.07, 6.45) is 1.73. The number of nitrogens with zero attached hydrogens (tertiary/aromatic N) is 2. The Bertz CT molecular complexity index is 538. The lowest BCUT2D eigenvalue weighted by atomic mass is 10.3. The zero-order valence-corrected chi connectivity index (χ0v) is 10.3. The van der Waals surface area contributed by atoms with Crippen molar-refractivity contribution in [3.63, 3.8) is 0 Å². The SMILES string of the molecule is C=CCN(C)C(=O)c1cc2sccc2n1C. The third-order valence-corrected chi connectivity index (χ3v) is 3.49. The number of carbonyl (C=O) groups excluding carboxylic acids is 1. The van der Waals surface area contributed by atoms with Crippen molar-refractivity contribution in [2.45, 2.75) is 0 Å². The van der Waals surface area contributed by atoms with E-state index in [-0.39, 0.29) is 5.91 Å². The van der Waals surface area contributed by atoms with Crippen molar-refractivity contribution in [2.75, 3.05) is 13.6 Å². The van der Waals surface area contributed by atoms with Crippen molar-refractivity contribution in [2.24, 2.45) is 7.05 Å². The summed E-state index contributed by atoms with van der Waals surface area (Å²) in [5, 5.41) is 2.03. The normalized spacial score (nSPS) is 10.6. The maximum atomic E-state index is 12.1. The molecule has 1 amide bonds. The van der Waals surface area contributed by atoms with Crippen LogP contribution in [0.1, 0.15) is 10.5 Å². The van der Waals surface area contributed by atoms with Crippen LogP contribution in [0, 0.1) is 0 Å². The van der Waals surface area contributed by atoms with Gasteiger partial charge < -0.3 is 9.47 Å². The standard InChI is InChI=1S/C12H14N2OS/c1-4-6-13(2)12(15)10-8-11-9(14(10)3)5-7-16-11/h4-5,7-8H,1,6H2,2-3H3. The number of aromatic nitrogens is 1. The van der Waals surface area contributed by atoms with E-state index in [9.17, 15) is 4.79 Å². The molecule has 0 fully saturated rings. The van der Waals surface area contributed by atoms with E-state index in [1.807, 2.05) is 29.1 Å². The van der Waals surface area contributed by atoms with E-state index >= 15 is 0 Å². The fourth-order valence-electron chi connectivity index (χ4n) is 1.73. The highest BCUT2D eigenvalue weighted by Gasteiger charge is 2.16. The summed E-state index contributed by atoms with van der Waals surface area (Å²) in [4.78, 5) is 13.7. The fraction of sp³-hybridized carbons (Fsp3) is 0.250. The Morgan fingerprint density at radius 3 is 3.06 bits per heavy atom. The van der Waals surface area contributed by atoms with Gasteiger partial charge in [0.25, 0.3) is 5.91 Å². The first-order valence-corrected chi connectivity index (χ1v) is 5.92. The number of likely N-dealkylation sites (N-methyl/N-ethyl adjacent to an activating group) is 1. The second kappa shape index (κ2) is 4.14. The van der Waals surface area contributed by atoms with E-state index < -0.39 is 0 Å². The molecule has 2 aromatic heterocycles. The number of hydrogen-bond acceptors (Lipinski definition) is 2. The molecule has 3 nitrogen and oxygen atoms in total. The molecule has 0 aliphatic rings. The number of hydrogen-bond donors (Lipinski definition) is 0. The predicted molar refractivity (Wildman–Crippen MR) is 68.0 cm³/mol. The van der Waals surface area contributed by atoms with Gasteiger partial charge in [0, 0.05) is 20.6 Å². The van der Waals surface area contributed by atoms with Crippen molar-refractivity contribution in [3.8, 4) is 0 Å². The van der Waals surface area contributed by atoms with Crippen LogP contribution < -0.4 is 0 Å². The van der Waals surface area contributed by atoms with Gasteiger partial charge in [0.2, 0.25) is 0 Å². The average molecular weight is 234 g/mol. The molecule has 0 N–H and O–H groups in total. The van der Waals surface area contributed by atoms with Crippen LogP contribution in [-0.2, 0) is 7.05 Å². The lowest BCUT2D eigenvalue weighted by Gasteiger charge is -2.15. The predicted octanol–water partition coefficient (Wildman–Crippen LogP) is 2.50. The topological polar surface area (TPSA) is 25.2 Å². The van der Waals surface area contributed by atoms with Gasteiger partial charge in [-0.2, -0.15) is 0 Å². The minimum atomic E-state index is 0.0331. The molecule has 0 aliphatic carbocycles. The van der Waals surface area contributed by atoms with E-state index in [1.165, 1.54) is 0 Å². The Hall–Kier alpha value is -1.55. The molecular weight excluding hydrogens is 220 g/mol. The number of fused-ring (bicyclic) bond motifs is 1. The van der Waals surface area contributed by atoms with Gasteiger partial charge in [-0.15, -0.1) is 17.9 Å². The van der Waals surface area contributed by atoms with Crippen molar-refractivity contribution in [1.29, 1.82) is 0 Å². The van der Waals surface area contributed by atoms with Crippen LogP contribution in [0.2, 0.25) is 0 Å². The van der Waals surface area contributed by atoms with E-state index in [4.69, 9.17) is 0 Å². The number of rotatable bonds is 3. The largest absolute Gasteiger partial charge is 0.339 e. The second-order valence-electron chi connectivity index (χ2n) is 3.73. The summed E-state index contributed by atoms with van der Waals surface area (Å²) < 4.78 is 3.09. The molecule has 16 heavy (non-hydrogen) atoms. The van der Waals surface area contributed by atoms with Gasteiger partial charge in [-0.05, 0) is 17.5 Å². The summed E-state index contributed by atoms with van der Waals surface area (Å²) in [6.45, 7) is 4.20. The van der Waals surface area contributed by atoms with Gasteiger partial charge in [-0.1, -0.05) is 6.08 Å². The van der Waals surface area contributed by atoms with Gasteiger partial charge in [0.05, 0.1) is 10.2 Å². The molecular formula is C12H14N2OS. The molecule has 2 heterocycles. The summed E-state index contributed by atoms with van der Waals surface area (Å²) in [6, 6.07) is 3.98. The lowest BCUT2D eigenvalue weighted by Crippen LogP contribution is -2.28. The summed E-state index contributed by atoms with van der Waals surface area (Å²) >= 11 is 1.65. The van der Waals surface area contributed by atoms with Crippen molar-refractivity contribution < 1.29 is 4.79 Å². The minimum Gasteiger partial charge on any atom is -0.339 e. The summed E-state index contributed by atoms with van der Waals surface area (Å²) in [5.41, 5.74) is 1.84. The second-order valence-corrected chi connectivity index (χ2v) is 4.68. The third kappa shape index (κ3) is 1.65. The van der Waals surface area contributed by atoms with Crippen molar-refractivity contribution >= 4 is 27.5 Å². The first-order valence-electron chi connectivity index (χ1n) is 5.04. The van der Waals surface area contributed by atoms with Crippen LogP contribution in [0.3, 0.4) is 0 Å². The zero-order valence-electron chi connectivity index (χ0n) is 9.43. The summed E-state index contributed by atoms with van der Waals surface area (Å²) in [7, 11) is 3.70. The molecule has 4 heteroatoms. The zero-order chi connectivity index (χ0) is 11.7. The number of aryl methyl sites for hydroxylation is 1. The van der Waals surface area contributed by atoms with Crippen LogP contribution in [-0.4, -0.2) is 29.0 Å². The van der Waals surface area contributed by atoms with Crippen molar-refractivity contribution in [1.82, 2.24) is 9.47 Å². The highest BCUT2D eigenvalue weighted by molar-refractivity contribution is 7.17. The van der Waals surface area contributed by atoms with Crippen LogP contribution >= 0.6 is 11.3 Å². The molecule has 0 saturated carbocycles. The number of carbonyl (C=O) groups is 1. The molecule has 0 aromatic carbocycles. The van der Waals surface area contributed by atoms with E-state index in [1.54, 1.807) is 29.4 Å². The fourth-order valence-corrected chi connectivity index (χ4v) is 2.58. The smallest absolute Gasteiger partial charge is 0.270 e. The Balaban J connectivity index is 2.39. The van der Waals surface area contributed by atoms with Gasteiger partial charge in [0.15, 0.2) is 0 Å². The number of amides is 1. The third-order valence-electron chi connectivity index (χ3n) is 2.63. The highest BCUT2D eigenvalue weighted by Crippen LogP contribution is 2.24. The lowest BCUT2D eigenvalue weighted by molar-refractivity contribution is 0.0801. The van der Waals surface area contributed by atoms with Crippen LogP contribution in [0.4, 0.5) is 0 Å². The van der Waals surface area contributed by atoms with E-state index in [0.29, 0.717) is 6.54 Å². The van der Waals surface area contributed by atoms with Crippen LogP contribution in [0.15, 0.2) is 30.2 Å². The molecule has 0 radical (unpaired) electrons. The van der Waals surface area contributed by atoms with Crippen molar-refractivity contribution in [3.05, 3.63) is 35.9 Å². The van der Waals surface area contributed by atoms with Crippen LogP contribution in [0.5, 0.6) is 0 Å². The monoisotopic (exact) mass is 234 g/mol.